The van der Waals surface area contributed by atoms with Crippen LogP contribution in [0.4, 0.5) is 0 Å². The Morgan fingerprint density at radius 3 is 2.57 bits per heavy atom. The normalized spacial score (nSPS) is 20.4. The number of fused-ring (bicyclic) bond motifs is 1. The van der Waals surface area contributed by atoms with Crippen molar-refractivity contribution < 1.29 is 19.7 Å². The number of phenolic OH excluding ortho intramolecular Hbond substituents is 1. The molecule has 1 aliphatic rings. The molecule has 21 heavy (non-hydrogen) atoms. The van der Waals surface area contributed by atoms with E-state index in [0.717, 1.165) is 11.1 Å². The Balaban J connectivity index is 2.05. The van der Waals surface area contributed by atoms with E-state index in [1.807, 2.05) is 24.3 Å². The molecule has 0 amide bonds. The topological polar surface area (TPSA) is 66.8 Å². The summed E-state index contributed by atoms with van der Waals surface area (Å²) in [7, 11) is 0. The molecule has 1 aliphatic heterocycles. The van der Waals surface area contributed by atoms with E-state index in [0.29, 0.717) is 25.2 Å². The number of rotatable bonds is 3. The number of para-hydroxylation sites is 1. The molecule has 4 nitrogen and oxygen atoms in total. The smallest absolute Gasteiger partial charge is 0.314 e. The van der Waals surface area contributed by atoms with Gasteiger partial charge in [0.05, 0.1) is 6.61 Å². The van der Waals surface area contributed by atoms with Crippen molar-refractivity contribution in [3.05, 3.63) is 59.7 Å². The minimum atomic E-state index is -0.980. The van der Waals surface area contributed by atoms with Crippen molar-refractivity contribution in [2.75, 3.05) is 6.61 Å². The molecule has 0 bridgehead atoms. The molecule has 2 N–H and O–H groups in total. The average Bonchev–Trinajstić information content (AvgIpc) is 2.50. The molecular weight excluding hydrogens is 268 g/mol. The summed E-state index contributed by atoms with van der Waals surface area (Å²) >= 11 is 0. The first kappa shape index (κ1) is 13.5. The zero-order valence-electron chi connectivity index (χ0n) is 11.5. The van der Waals surface area contributed by atoms with Crippen LogP contribution in [0.1, 0.15) is 17.5 Å². The van der Waals surface area contributed by atoms with Gasteiger partial charge < -0.3 is 14.9 Å². The SMILES string of the molecule is O=C(O)C1(Cc2ccc(O)cc2)CCOc2ccccc21. The van der Waals surface area contributed by atoms with Gasteiger partial charge in [0.1, 0.15) is 16.9 Å². The van der Waals surface area contributed by atoms with Gasteiger partial charge in [-0.05, 0) is 30.2 Å². The number of ether oxygens (including phenoxy) is 1. The molecular formula is C17H16O4. The van der Waals surface area contributed by atoms with Gasteiger partial charge in [-0.2, -0.15) is 0 Å². The van der Waals surface area contributed by atoms with Crippen LogP contribution < -0.4 is 4.74 Å². The summed E-state index contributed by atoms with van der Waals surface area (Å²) in [4.78, 5) is 12.0. The minimum Gasteiger partial charge on any atom is -0.508 e. The van der Waals surface area contributed by atoms with Gasteiger partial charge in [0, 0.05) is 12.0 Å². The van der Waals surface area contributed by atoms with Gasteiger partial charge in [0.25, 0.3) is 0 Å². The van der Waals surface area contributed by atoms with Gasteiger partial charge in [-0.1, -0.05) is 30.3 Å². The Hall–Kier alpha value is -2.49. The summed E-state index contributed by atoms with van der Waals surface area (Å²) in [6, 6.07) is 14.0. The van der Waals surface area contributed by atoms with Crippen molar-refractivity contribution in [2.45, 2.75) is 18.3 Å². The molecule has 3 rings (SSSR count). The summed E-state index contributed by atoms with van der Waals surface area (Å²) in [5, 5.41) is 19.2. The molecule has 0 radical (unpaired) electrons. The highest BCUT2D eigenvalue weighted by molar-refractivity contribution is 5.83. The molecule has 4 heteroatoms. The number of benzene rings is 2. The molecule has 1 heterocycles. The summed E-state index contributed by atoms with van der Waals surface area (Å²) in [5.74, 6) is -0.0215. The number of hydrogen-bond donors (Lipinski definition) is 2. The van der Waals surface area contributed by atoms with Crippen molar-refractivity contribution in [1.29, 1.82) is 0 Å². The third-order valence-electron chi connectivity index (χ3n) is 4.04. The van der Waals surface area contributed by atoms with E-state index >= 15 is 0 Å². The van der Waals surface area contributed by atoms with Crippen molar-refractivity contribution in [2.24, 2.45) is 0 Å². The maximum atomic E-state index is 12.0. The molecule has 0 fully saturated rings. The fourth-order valence-corrected chi connectivity index (χ4v) is 2.90. The molecule has 108 valence electrons. The Bertz CT molecular complexity index is 663. The van der Waals surface area contributed by atoms with Crippen LogP contribution in [0, 0.1) is 0 Å². The molecule has 0 saturated heterocycles. The van der Waals surface area contributed by atoms with E-state index in [2.05, 4.69) is 0 Å². The maximum absolute atomic E-state index is 12.0. The Labute approximate surface area is 122 Å². The Morgan fingerprint density at radius 2 is 1.86 bits per heavy atom. The number of carbonyl (C=O) groups is 1. The summed E-state index contributed by atoms with van der Waals surface area (Å²) in [6.07, 6.45) is 0.809. The van der Waals surface area contributed by atoms with Gasteiger partial charge in [-0.15, -0.1) is 0 Å². The second kappa shape index (κ2) is 5.13. The number of phenols is 1. The fraction of sp³-hybridized carbons (Fsp3) is 0.235. The van der Waals surface area contributed by atoms with E-state index in [-0.39, 0.29) is 5.75 Å². The first-order chi connectivity index (χ1) is 10.1. The van der Waals surface area contributed by atoms with Crippen LogP contribution in [0.2, 0.25) is 0 Å². The monoisotopic (exact) mass is 284 g/mol. The Morgan fingerprint density at radius 1 is 1.14 bits per heavy atom. The predicted molar refractivity (Wildman–Crippen MR) is 77.7 cm³/mol. The number of hydrogen-bond acceptors (Lipinski definition) is 3. The number of aromatic hydroxyl groups is 1. The zero-order valence-corrected chi connectivity index (χ0v) is 11.5. The van der Waals surface area contributed by atoms with Crippen LogP contribution in [0.5, 0.6) is 11.5 Å². The van der Waals surface area contributed by atoms with Crippen LogP contribution in [0.15, 0.2) is 48.5 Å². The Kier molecular flexibility index (Phi) is 3.29. The standard InChI is InChI=1S/C17H16O4/c18-13-7-5-12(6-8-13)11-17(16(19)20)9-10-21-15-4-2-1-3-14(15)17/h1-8,18H,9-11H2,(H,19,20). The van der Waals surface area contributed by atoms with Crippen molar-refractivity contribution in [3.63, 3.8) is 0 Å². The molecule has 0 aliphatic carbocycles. The summed E-state index contributed by atoms with van der Waals surface area (Å²) in [6.45, 7) is 0.390. The summed E-state index contributed by atoms with van der Waals surface area (Å²) < 4.78 is 5.58. The largest absolute Gasteiger partial charge is 0.508 e. The molecule has 0 spiro atoms. The lowest BCUT2D eigenvalue weighted by Crippen LogP contribution is -2.42. The summed E-state index contributed by atoms with van der Waals surface area (Å²) in [5.41, 5.74) is 0.620. The third-order valence-corrected chi connectivity index (χ3v) is 4.04. The molecule has 2 aromatic rings. The quantitative estimate of drug-likeness (QED) is 0.909. The second-order valence-corrected chi connectivity index (χ2v) is 5.33. The third kappa shape index (κ3) is 2.33. The lowest BCUT2D eigenvalue weighted by atomic mass is 9.72. The lowest BCUT2D eigenvalue weighted by Gasteiger charge is -2.35. The first-order valence-electron chi connectivity index (χ1n) is 6.85. The highest BCUT2D eigenvalue weighted by atomic mass is 16.5. The average molecular weight is 284 g/mol. The molecule has 0 saturated carbocycles. The van der Waals surface area contributed by atoms with Crippen molar-refractivity contribution in [1.82, 2.24) is 0 Å². The molecule has 1 unspecified atom stereocenters. The molecule has 1 atom stereocenters. The van der Waals surface area contributed by atoms with Crippen LogP contribution in [0.25, 0.3) is 0 Å². The zero-order chi connectivity index (χ0) is 14.9. The lowest BCUT2D eigenvalue weighted by molar-refractivity contribution is -0.145. The van der Waals surface area contributed by atoms with Crippen LogP contribution in [-0.4, -0.2) is 22.8 Å². The van der Waals surface area contributed by atoms with E-state index < -0.39 is 11.4 Å². The second-order valence-electron chi connectivity index (χ2n) is 5.33. The number of aliphatic carboxylic acids is 1. The van der Waals surface area contributed by atoms with E-state index in [9.17, 15) is 15.0 Å². The van der Waals surface area contributed by atoms with E-state index in [4.69, 9.17) is 4.74 Å². The maximum Gasteiger partial charge on any atom is 0.314 e. The number of carboxylic acid groups (broad SMARTS) is 1. The van der Waals surface area contributed by atoms with Crippen molar-refractivity contribution in [3.8, 4) is 11.5 Å². The highest BCUT2D eigenvalue weighted by Gasteiger charge is 2.44. The van der Waals surface area contributed by atoms with E-state index in [1.54, 1.807) is 24.3 Å². The van der Waals surface area contributed by atoms with Gasteiger partial charge >= 0.3 is 5.97 Å². The van der Waals surface area contributed by atoms with Gasteiger partial charge in [0.15, 0.2) is 0 Å². The molecule has 0 aromatic heterocycles. The van der Waals surface area contributed by atoms with Crippen molar-refractivity contribution >= 4 is 5.97 Å². The number of carboxylic acids is 1. The minimum absolute atomic E-state index is 0.176. The first-order valence-corrected chi connectivity index (χ1v) is 6.85. The fourth-order valence-electron chi connectivity index (χ4n) is 2.90. The van der Waals surface area contributed by atoms with Gasteiger partial charge in [0.2, 0.25) is 0 Å². The predicted octanol–water partition coefficient (Wildman–Crippen LogP) is 2.74. The highest BCUT2D eigenvalue weighted by Crippen LogP contribution is 2.41. The van der Waals surface area contributed by atoms with Gasteiger partial charge in [-0.25, -0.2) is 0 Å². The van der Waals surface area contributed by atoms with Gasteiger partial charge in [-0.3, -0.25) is 4.79 Å². The van der Waals surface area contributed by atoms with Crippen LogP contribution >= 0.6 is 0 Å². The molecule has 2 aromatic carbocycles. The van der Waals surface area contributed by atoms with E-state index in [1.165, 1.54) is 0 Å². The van der Waals surface area contributed by atoms with Crippen LogP contribution in [-0.2, 0) is 16.6 Å². The van der Waals surface area contributed by atoms with Crippen LogP contribution in [0.3, 0.4) is 0 Å².